The van der Waals surface area contributed by atoms with E-state index in [1.807, 2.05) is 0 Å². The maximum absolute atomic E-state index is 5.57. The molecule has 1 fully saturated rings. The predicted molar refractivity (Wildman–Crippen MR) is 74.1 cm³/mol. The second-order valence-electron chi connectivity index (χ2n) is 5.49. The van der Waals surface area contributed by atoms with Gasteiger partial charge in [0.05, 0.1) is 6.10 Å². The SMILES string of the molecule is CC1OCCC1NCc1ccc2c(c1)CCN2C. The average Bonchev–Trinajstić information content (AvgIpc) is 2.94. The molecule has 2 unspecified atom stereocenters. The molecule has 3 nitrogen and oxygen atoms in total. The normalized spacial score (nSPS) is 26.7. The van der Waals surface area contributed by atoms with Crippen LogP contribution in [0.5, 0.6) is 0 Å². The Morgan fingerprint density at radius 2 is 2.33 bits per heavy atom. The van der Waals surface area contributed by atoms with Gasteiger partial charge in [-0.05, 0) is 37.0 Å². The fourth-order valence-corrected chi connectivity index (χ4v) is 2.98. The zero-order valence-electron chi connectivity index (χ0n) is 11.3. The van der Waals surface area contributed by atoms with Gasteiger partial charge in [0.25, 0.3) is 0 Å². The lowest BCUT2D eigenvalue weighted by Crippen LogP contribution is -2.34. The van der Waals surface area contributed by atoms with Crippen LogP contribution >= 0.6 is 0 Å². The molecular weight excluding hydrogens is 224 g/mol. The summed E-state index contributed by atoms with van der Waals surface area (Å²) in [5.41, 5.74) is 4.28. The van der Waals surface area contributed by atoms with Crippen LogP contribution in [-0.4, -0.2) is 32.3 Å². The van der Waals surface area contributed by atoms with Crippen LogP contribution in [-0.2, 0) is 17.7 Å². The number of nitrogens with zero attached hydrogens (tertiary/aromatic N) is 1. The van der Waals surface area contributed by atoms with Gasteiger partial charge in [0.2, 0.25) is 0 Å². The third kappa shape index (κ3) is 2.25. The van der Waals surface area contributed by atoms with Crippen molar-refractivity contribution in [2.24, 2.45) is 0 Å². The molecule has 1 aromatic rings. The lowest BCUT2D eigenvalue weighted by Gasteiger charge is -2.17. The minimum atomic E-state index is 0.352. The highest BCUT2D eigenvalue weighted by Crippen LogP contribution is 2.27. The van der Waals surface area contributed by atoms with Gasteiger partial charge in [-0.1, -0.05) is 12.1 Å². The van der Waals surface area contributed by atoms with Crippen molar-refractivity contribution in [3.63, 3.8) is 0 Å². The van der Waals surface area contributed by atoms with Crippen molar-refractivity contribution < 1.29 is 4.74 Å². The number of benzene rings is 1. The molecule has 0 spiro atoms. The van der Waals surface area contributed by atoms with Crippen molar-refractivity contribution >= 4 is 5.69 Å². The van der Waals surface area contributed by atoms with Gasteiger partial charge in [-0.3, -0.25) is 0 Å². The molecule has 2 atom stereocenters. The van der Waals surface area contributed by atoms with E-state index in [2.05, 4.69) is 42.4 Å². The van der Waals surface area contributed by atoms with E-state index in [0.29, 0.717) is 12.1 Å². The summed E-state index contributed by atoms with van der Waals surface area (Å²) < 4.78 is 5.57. The van der Waals surface area contributed by atoms with Crippen LogP contribution in [0.2, 0.25) is 0 Å². The summed E-state index contributed by atoms with van der Waals surface area (Å²) in [6.07, 6.45) is 2.67. The molecule has 0 aliphatic carbocycles. The summed E-state index contributed by atoms with van der Waals surface area (Å²) in [7, 11) is 2.17. The summed E-state index contributed by atoms with van der Waals surface area (Å²) in [6.45, 7) is 5.16. The van der Waals surface area contributed by atoms with Crippen molar-refractivity contribution in [2.75, 3.05) is 25.1 Å². The van der Waals surface area contributed by atoms with Crippen LogP contribution in [0.1, 0.15) is 24.5 Å². The molecule has 0 radical (unpaired) electrons. The van der Waals surface area contributed by atoms with Crippen molar-refractivity contribution in [3.05, 3.63) is 29.3 Å². The van der Waals surface area contributed by atoms with Crippen LogP contribution in [0.25, 0.3) is 0 Å². The zero-order chi connectivity index (χ0) is 12.5. The molecule has 1 N–H and O–H groups in total. The van der Waals surface area contributed by atoms with E-state index in [9.17, 15) is 0 Å². The summed E-state index contributed by atoms with van der Waals surface area (Å²) >= 11 is 0. The van der Waals surface area contributed by atoms with Gasteiger partial charge >= 0.3 is 0 Å². The predicted octanol–water partition coefficient (Wildman–Crippen LogP) is 1.95. The number of rotatable bonds is 3. The minimum Gasteiger partial charge on any atom is -0.377 e. The Bertz CT molecular complexity index is 433. The summed E-state index contributed by atoms with van der Waals surface area (Å²) in [4.78, 5) is 2.33. The van der Waals surface area contributed by atoms with E-state index in [1.54, 1.807) is 0 Å². The van der Waals surface area contributed by atoms with E-state index in [1.165, 1.54) is 23.2 Å². The standard InChI is InChI=1S/C15H22N2O/c1-11-14(6-8-18-11)16-10-12-3-4-15-13(9-12)5-7-17(15)2/h3-4,9,11,14,16H,5-8,10H2,1-2H3. The molecule has 0 saturated carbocycles. The smallest absolute Gasteiger partial charge is 0.0700 e. The van der Waals surface area contributed by atoms with E-state index < -0.39 is 0 Å². The first-order valence-electron chi connectivity index (χ1n) is 6.92. The zero-order valence-corrected chi connectivity index (χ0v) is 11.3. The van der Waals surface area contributed by atoms with Gasteiger partial charge < -0.3 is 15.0 Å². The van der Waals surface area contributed by atoms with Crippen LogP contribution in [0.15, 0.2) is 18.2 Å². The number of ether oxygens (including phenoxy) is 1. The van der Waals surface area contributed by atoms with Crippen LogP contribution < -0.4 is 10.2 Å². The maximum atomic E-state index is 5.57. The number of hydrogen-bond donors (Lipinski definition) is 1. The number of hydrogen-bond acceptors (Lipinski definition) is 3. The molecule has 2 heterocycles. The van der Waals surface area contributed by atoms with E-state index in [0.717, 1.165) is 26.1 Å². The molecule has 98 valence electrons. The van der Waals surface area contributed by atoms with Gasteiger partial charge in [-0.15, -0.1) is 0 Å². The molecule has 2 aliphatic heterocycles. The summed E-state index contributed by atoms with van der Waals surface area (Å²) in [5.74, 6) is 0. The third-order valence-corrected chi connectivity index (χ3v) is 4.22. The summed E-state index contributed by atoms with van der Waals surface area (Å²) in [6, 6.07) is 7.37. The monoisotopic (exact) mass is 246 g/mol. The van der Waals surface area contributed by atoms with Crippen LogP contribution in [0, 0.1) is 0 Å². The van der Waals surface area contributed by atoms with Gasteiger partial charge in [0.1, 0.15) is 0 Å². The molecule has 18 heavy (non-hydrogen) atoms. The van der Waals surface area contributed by atoms with E-state index >= 15 is 0 Å². The fourth-order valence-electron chi connectivity index (χ4n) is 2.98. The Labute approximate surface area is 109 Å². The highest BCUT2D eigenvalue weighted by atomic mass is 16.5. The van der Waals surface area contributed by atoms with Gasteiger partial charge in [0, 0.05) is 38.5 Å². The lowest BCUT2D eigenvalue weighted by atomic mass is 10.1. The fraction of sp³-hybridized carbons (Fsp3) is 0.600. The molecule has 3 rings (SSSR count). The third-order valence-electron chi connectivity index (χ3n) is 4.22. The van der Waals surface area contributed by atoms with Crippen molar-refractivity contribution in [2.45, 2.75) is 38.5 Å². The second kappa shape index (κ2) is 4.90. The number of nitrogens with one attached hydrogen (secondary N) is 1. The Morgan fingerprint density at radius 1 is 1.44 bits per heavy atom. The van der Waals surface area contributed by atoms with E-state index in [4.69, 9.17) is 4.74 Å². The second-order valence-corrected chi connectivity index (χ2v) is 5.49. The Balaban J connectivity index is 1.63. The van der Waals surface area contributed by atoms with E-state index in [-0.39, 0.29) is 0 Å². The topological polar surface area (TPSA) is 24.5 Å². The Kier molecular flexibility index (Phi) is 3.27. The Hall–Kier alpha value is -1.06. The average molecular weight is 246 g/mol. The van der Waals surface area contributed by atoms with Gasteiger partial charge in [-0.25, -0.2) is 0 Å². The summed E-state index contributed by atoms with van der Waals surface area (Å²) in [5, 5.41) is 3.61. The van der Waals surface area contributed by atoms with Crippen LogP contribution in [0.4, 0.5) is 5.69 Å². The quantitative estimate of drug-likeness (QED) is 0.882. The maximum Gasteiger partial charge on any atom is 0.0700 e. The number of anilines is 1. The first-order valence-corrected chi connectivity index (χ1v) is 6.92. The van der Waals surface area contributed by atoms with Gasteiger partial charge in [0.15, 0.2) is 0 Å². The molecule has 0 aromatic heterocycles. The largest absolute Gasteiger partial charge is 0.377 e. The molecule has 0 amide bonds. The molecule has 3 heteroatoms. The highest BCUT2D eigenvalue weighted by Gasteiger charge is 2.23. The minimum absolute atomic E-state index is 0.352. The van der Waals surface area contributed by atoms with Crippen LogP contribution in [0.3, 0.4) is 0 Å². The van der Waals surface area contributed by atoms with Crippen molar-refractivity contribution in [1.82, 2.24) is 5.32 Å². The number of fused-ring (bicyclic) bond motifs is 1. The molecule has 2 aliphatic rings. The molecule has 1 saturated heterocycles. The molecular formula is C15H22N2O. The molecule has 1 aromatic carbocycles. The first kappa shape index (κ1) is 12.0. The lowest BCUT2D eigenvalue weighted by molar-refractivity contribution is 0.113. The van der Waals surface area contributed by atoms with Crippen molar-refractivity contribution in [1.29, 1.82) is 0 Å². The first-order chi connectivity index (χ1) is 8.74. The van der Waals surface area contributed by atoms with Gasteiger partial charge in [-0.2, -0.15) is 0 Å². The van der Waals surface area contributed by atoms with Crippen molar-refractivity contribution in [3.8, 4) is 0 Å². The number of likely N-dealkylation sites (N-methyl/N-ethyl adjacent to an activating group) is 1. The molecule has 0 bridgehead atoms. The highest BCUT2D eigenvalue weighted by molar-refractivity contribution is 5.58. The Morgan fingerprint density at radius 3 is 3.11 bits per heavy atom.